The second-order valence-corrected chi connectivity index (χ2v) is 6.74. The quantitative estimate of drug-likeness (QED) is 0.473. The summed E-state index contributed by atoms with van der Waals surface area (Å²) in [6, 6.07) is 18.7. The van der Waals surface area contributed by atoms with E-state index in [0.29, 0.717) is 11.1 Å². The Morgan fingerprint density at radius 2 is 1.78 bits per heavy atom. The van der Waals surface area contributed by atoms with Gasteiger partial charge in [0.25, 0.3) is 0 Å². The van der Waals surface area contributed by atoms with E-state index in [1.54, 1.807) is 24.3 Å². The summed E-state index contributed by atoms with van der Waals surface area (Å²) in [5.41, 5.74) is 0.975. The molecule has 1 unspecified atom stereocenters. The van der Waals surface area contributed by atoms with E-state index < -0.39 is 26.5 Å². The van der Waals surface area contributed by atoms with Crippen molar-refractivity contribution < 1.29 is 28.2 Å². The summed E-state index contributed by atoms with van der Waals surface area (Å²) in [6.45, 7) is -0.214. The summed E-state index contributed by atoms with van der Waals surface area (Å²) in [5.74, 6) is -0.967. The first-order chi connectivity index (χ1) is 13.0. The van der Waals surface area contributed by atoms with Gasteiger partial charge in [-0.25, -0.2) is 9.18 Å². The Hall–Kier alpha value is -2.37. The molecule has 0 bridgehead atoms. The number of carbonyl (C=O) groups is 1. The number of halogens is 1. The first kappa shape index (κ1) is 19.4. The van der Waals surface area contributed by atoms with E-state index in [-0.39, 0.29) is 13.0 Å². The van der Waals surface area contributed by atoms with Gasteiger partial charge in [0.1, 0.15) is 11.9 Å². The third-order valence-corrected chi connectivity index (χ3v) is 4.37. The minimum absolute atomic E-state index is 0.181. The fourth-order valence-electron chi connectivity index (χ4n) is 2.75. The molecule has 0 heterocycles. The van der Waals surface area contributed by atoms with Crippen molar-refractivity contribution in [3.63, 3.8) is 0 Å². The van der Waals surface area contributed by atoms with Crippen molar-refractivity contribution in [2.24, 2.45) is 0 Å². The Morgan fingerprint density at radius 1 is 1.00 bits per heavy atom. The van der Waals surface area contributed by atoms with Crippen LogP contribution in [-0.2, 0) is 15.7 Å². The fourth-order valence-corrected chi connectivity index (χ4v) is 3.05. The maximum Gasteiger partial charge on any atom is 0.338 e. The van der Waals surface area contributed by atoms with Crippen molar-refractivity contribution in [1.29, 1.82) is 0 Å². The third kappa shape index (κ3) is 5.55. The van der Waals surface area contributed by atoms with Crippen LogP contribution in [0.3, 0.4) is 0 Å². The Kier molecular flexibility index (Phi) is 6.48. The zero-order valence-electron chi connectivity index (χ0n) is 14.3. The lowest BCUT2D eigenvalue weighted by Crippen LogP contribution is -2.25. The summed E-state index contributed by atoms with van der Waals surface area (Å²) in [7, 11) is -2.58. The van der Waals surface area contributed by atoms with Crippen LogP contribution < -0.4 is 0 Å². The summed E-state index contributed by atoms with van der Waals surface area (Å²) in [6.07, 6.45) is -0.615. The first-order valence-electron chi connectivity index (χ1n) is 8.26. The lowest BCUT2D eigenvalue weighted by molar-refractivity contribution is 0.0161. The molecule has 0 aliphatic heterocycles. The summed E-state index contributed by atoms with van der Waals surface area (Å²) >= 11 is 0. The zero-order chi connectivity index (χ0) is 19.2. The maximum atomic E-state index is 13.4. The van der Waals surface area contributed by atoms with Crippen LogP contribution in [-0.4, -0.2) is 28.5 Å². The highest BCUT2D eigenvalue weighted by Gasteiger charge is 2.19. The molecule has 0 aliphatic carbocycles. The third-order valence-electron chi connectivity index (χ3n) is 3.99. The van der Waals surface area contributed by atoms with Gasteiger partial charge in [-0.15, -0.1) is 0 Å². The van der Waals surface area contributed by atoms with E-state index in [2.05, 4.69) is 0 Å². The van der Waals surface area contributed by atoms with E-state index in [0.717, 1.165) is 10.8 Å². The average molecular weight is 388 g/mol. The molecular weight excluding hydrogens is 370 g/mol. The van der Waals surface area contributed by atoms with Crippen LogP contribution in [0.5, 0.6) is 0 Å². The average Bonchev–Trinajstić information content (AvgIpc) is 2.65. The van der Waals surface area contributed by atoms with Crippen molar-refractivity contribution in [3.05, 3.63) is 83.7 Å². The van der Waals surface area contributed by atoms with Crippen LogP contribution >= 0.6 is 8.60 Å². The van der Waals surface area contributed by atoms with Crippen LogP contribution in [0.1, 0.15) is 15.9 Å². The number of carbonyl (C=O) groups excluding carboxylic acids is 1. The number of hydrogen-bond donors (Lipinski definition) is 2. The standard InChI is InChI=1S/C20H18FO5P/c21-18-7-3-4-14(10-18)11-19(13-25-27(23)24)26-20(22)17-9-8-15-5-1-2-6-16(15)12-17/h1-10,12,19,23-24H,11,13H2. The molecule has 3 aromatic carbocycles. The normalized spacial score (nSPS) is 12.3. The van der Waals surface area contributed by atoms with Gasteiger partial charge in [-0.3, -0.25) is 0 Å². The number of esters is 1. The summed E-state index contributed by atoms with van der Waals surface area (Å²) < 4.78 is 23.7. The monoisotopic (exact) mass is 388 g/mol. The van der Waals surface area contributed by atoms with Gasteiger partial charge in [0.15, 0.2) is 0 Å². The highest BCUT2D eigenvalue weighted by atomic mass is 31.2. The molecule has 1 atom stereocenters. The van der Waals surface area contributed by atoms with Crippen molar-refractivity contribution in [1.82, 2.24) is 0 Å². The van der Waals surface area contributed by atoms with Gasteiger partial charge >= 0.3 is 14.6 Å². The van der Waals surface area contributed by atoms with Crippen molar-refractivity contribution in [3.8, 4) is 0 Å². The lowest BCUT2D eigenvalue weighted by atomic mass is 10.1. The number of benzene rings is 3. The maximum absolute atomic E-state index is 13.4. The summed E-state index contributed by atoms with van der Waals surface area (Å²) in [5, 5.41) is 1.90. The van der Waals surface area contributed by atoms with Crippen molar-refractivity contribution in [2.75, 3.05) is 6.61 Å². The van der Waals surface area contributed by atoms with Gasteiger partial charge in [-0.1, -0.05) is 42.5 Å². The molecule has 2 N–H and O–H groups in total. The number of ether oxygens (including phenoxy) is 1. The molecule has 5 nitrogen and oxygen atoms in total. The van der Waals surface area contributed by atoms with Crippen molar-refractivity contribution in [2.45, 2.75) is 12.5 Å². The fraction of sp³-hybridized carbons (Fsp3) is 0.150. The summed E-state index contributed by atoms with van der Waals surface area (Å²) in [4.78, 5) is 30.5. The molecule has 0 aromatic heterocycles. The van der Waals surface area contributed by atoms with Gasteiger partial charge in [0, 0.05) is 6.42 Å². The van der Waals surface area contributed by atoms with Crippen LogP contribution in [0.2, 0.25) is 0 Å². The molecule has 140 valence electrons. The highest BCUT2D eigenvalue weighted by molar-refractivity contribution is 7.39. The lowest BCUT2D eigenvalue weighted by Gasteiger charge is -2.18. The van der Waals surface area contributed by atoms with E-state index in [1.807, 2.05) is 30.3 Å². The highest BCUT2D eigenvalue weighted by Crippen LogP contribution is 2.26. The second-order valence-electron chi connectivity index (χ2n) is 5.97. The molecule has 3 rings (SSSR count). The van der Waals surface area contributed by atoms with Gasteiger partial charge in [-0.2, -0.15) is 0 Å². The number of rotatable bonds is 7. The molecule has 0 saturated carbocycles. The van der Waals surface area contributed by atoms with Crippen LogP contribution in [0.15, 0.2) is 66.7 Å². The molecule has 0 spiro atoms. The van der Waals surface area contributed by atoms with E-state index in [9.17, 15) is 9.18 Å². The Labute approximate surface area is 157 Å². The minimum Gasteiger partial charge on any atom is -0.456 e. The Balaban J connectivity index is 1.75. The second kappa shape index (κ2) is 9.02. The molecule has 0 fully saturated rings. The predicted octanol–water partition coefficient (Wildman–Crippen LogP) is 3.98. The minimum atomic E-state index is -2.58. The van der Waals surface area contributed by atoms with Crippen LogP contribution in [0.25, 0.3) is 10.8 Å². The van der Waals surface area contributed by atoms with E-state index >= 15 is 0 Å². The van der Waals surface area contributed by atoms with Gasteiger partial charge in [-0.05, 0) is 40.6 Å². The van der Waals surface area contributed by atoms with Gasteiger partial charge in [0.05, 0.1) is 12.2 Å². The molecule has 3 aromatic rings. The zero-order valence-corrected chi connectivity index (χ0v) is 15.2. The van der Waals surface area contributed by atoms with Gasteiger partial charge < -0.3 is 19.0 Å². The Bertz CT molecular complexity index is 931. The topological polar surface area (TPSA) is 76.0 Å². The SMILES string of the molecule is O=C(OC(COP(O)O)Cc1cccc(F)c1)c1ccc2ccccc2c1. The molecule has 27 heavy (non-hydrogen) atoms. The van der Waals surface area contributed by atoms with E-state index in [4.69, 9.17) is 19.0 Å². The molecule has 7 heteroatoms. The molecule has 0 radical (unpaired) electrons. The number of hydrogen-bond acceptors (Lipinski definition) is 5. The molecular formula is C20H18FO5P. The first-order valence-corrected chi connectivity index (χ1v) is 9.43. The van der Waals surface area contributed by atoms with Crippen molar-refractivity contribution >= 4 is 25.3 Å². The van der Waals surface area contributed by atoms with Gasteiger partial charge in [0.2, 0.25) is 0 Å². The largest absolute Gasteiger partial charge is 0.456 e. The van der Waals surface area contributed by atoms with Crippen LogP contribution in [0, 0.1) is 5.82 Å². The molecule has 0 amide bonds. The molecule has 0 saturated heterocycles. The predicted molar refractivity (Wildman–Crippen MR) is 101 cm³/mol. The Morgan fingerprint density at radius 3 is 2.52 bits per heavy atom. The number of fused-ring (bicyclic) bond motifs is 1. The molecule has 0 aliphatic rings. The van der Waals surface area contributed by atoms with Crippen LogP contribution in [0.4, 0.5) is 4.39 Å². The smallest absolute Gasteiger partial charge is 0.338 e. The van der Waals surface area contributed by atoms with E-state index in [1.165, 1.54) is 12.1 Å².